The lowest BCUT2D eigenvalue weighted by Gasteiger charge is -2.02. The second-order valence-electron chi connectivity index (χ2n) is 5.05. The van der Waals surface area contributed by atoms with Crippen molar-refractivity contribution in [2.75, 3.05) is 0 Å². The summed E-state index contributed by atoms with van der Waals surface area (Å²) in [6, 6.07) is 13.0. The maximum atomic E-state index is 11.2. The quantitative estimate of drug-likeness (QED) is 0.436. The van der Waals surface area contributed by atoms with Crippen molar-refractivity contribution in [3.05, 3.63) is 59.7 Å². The molecule has 0 bridgehead atoms. The van der Waals surface area contributed by atoms with Gasteiger partial charge in [-0.3, -0.25) is 11.7 Å². The van der Waals surface area contributed by atoms with Crippen LogP contribution in [0.1, 0.15) is 18.1 Å². The number of hydrazine groups is 2. The molecule has 0 heterocycles. The van der Waals surface area contributed by atoms with Crippen LogP contribution in [-0.4, -0.2) is 16.8 Å². The summed E-state index contributed by atoms with van der Waals surface area (Å²) in [4.78, 5) is 3.88. The Balaban J connectivity index is 0.000000251. The van der Waals surface area contributed by atoms with Gasteiger partial charge in [-0.15, -0.1) is 0 Å². The Hall–Kier alpha value is -1.82. The predicted octanol–water partition coefficient (Wildman–Crippen LogP) is 0.548. The van der Waals surface area contributed by atoms with Gasteiger partial charge in [0.25, 0.3) is 20.0 Å². The minimum Gasteiger partial charge on any atom is -0.257 e. The van der Waals surface area contributed by atoms with Crippen molar-refractivity contribution in [2.45, 2.75) is 30.1 Å². The van der Waals surface area contributed by atoms with Gasteiger partial charge in [0, 0.05) is 0 Å². The number of hydrogen-bond donors (Lipinski definition) is 4. The molecule has 0 radical (unpaired) electrons. The molecule has 6 N–H and O–H groups in total. The van der Waals surface area contributed by atoms with Crippen molar-refractivity contribution >= 4 is 20.0 Å². The van der Waals surface area contributed by atoms with Crippen LogP contribution in [0.5, 0.6) is 0 Å². The molecule has 8 nitrogen and oxygen atoms in total. The first kappa shape index (κ1) is 21.2. The van der Waals surface area contributed by atoms with Crippen LogP contribution in [0, 0.1) is 6.92 Å². The molecule has 0 spiro atoms. The van der Waals surface area contributed by atoms with E-state index in [2.05, 4.69) is 0 Å². The number of nitrogens with one attached hydrogen (secondary N) is 2. The first-order valence-electron chi connectivity index (χ1n) is 7.26. The summed E-state index contributed by atoms with van der Waals surface area (Å²) < 4.78 is 44.5. The third-order valence-electron chi connectivity index (χ3n) is 3.28. The van der Waals surface area contributed by atoms with Crippen LogP contribution in [-0.2, 0) is 26.5 Å². The Bertz CT molecular complexity index is 878. The van der Waals surface area contributed by atoms with Crippen molar-refractivity contribution in [2.24, 2.45) is 11.7 Å². The van der Waals surface area contributed by atoms with Crippen LogP contribution in [0.2, 0.25) is 0 Å². The molecule has 0 saturated heterocycles. The van der Waals surface area contributed by atoms with Gasteiger partial charge in [0.05, 0.1) is 9.79 Å². The number of benzene rings is 2. The first-order valence-corrected chi connectivity index (χ1v) is 10.2. The van der Waals surface area contributed by atoms with Crippen LogP contribution in [0.15, 0.2) is 58.3 Å². The molecule has 0 amide bonds. The summed E-state index contributed by atoms with van der Waals surface area (Å²) in [6.45, 7) is 3.89. The molecule has 0 unspecified atom stereocenters. The van der Waals surface area contributed by atoms with Crippen LogP contribution in [0.3, 0.4) is 0 Å². The van der Waals surface area contributed by atoms with Gasteiger partial charge in [-0.05, 0) is 43.2 Å². The number of sulfonamides is 2. The molecule has 2 rings (SSSR count). The highest BCUT2D eigenvalue weighted by molar-refractivity contribution is 7.89. The van der Waals surface area contributed by atoms with E-state index in [1.54, 1.807) is 33.9 Å². The van der Waals surface area contributed by atoms with Gasteiger partial charge in [-0.25, -0.2) is 16.8 Å². The van der Waals surface area contributed by atoms with E-state index >= 15 is 0 Å². The average molecular weight is 386 g/mol. The molecule has 0 aliphatic rings. The van der Waals surface area contributed by atoms with Gasteiger partial charge < -0.3 is 0 Å². The van der Waals surface area contributed by atoms with Gasteiger partial charge in [-0.1, -0.05) is 36.8 Å². The summed E-state index contributed by atoms with van der Waals surface area (Å²) in [5.74, 6) is 9.71. The molecule has 0 aromatic heterocycles. The zero-order chi connectivity index (χ0) is 19.1. The van der Waals surface area contributed by atoms with E-state index in [0.717, 1.165) is 17.5 Å². The molecular formula is C15H22N4O4S2. The van der Waals surface area contributed by atoms with Crippen molar-refractivity contribution in [1.82, 2.24) is 9.66 Å². The average Bonchev–Trinajstić information content (AvgIpc) is 2.62. The van der Waals surface area contributed by atoms with Crippen molar-refractivity contribution in [1.29, 1.82) is 0 Å². The Morgan fingerprint density at radius 3 is 1.44 bits per heavy atom. The topological polar surface area (TPSA) is 144 Å². The molecule has 138 valence electrons. The summed E-state index contributed by atoms with van der Waals surface area (Å²) >= 11 is 0. The summed E-state index contributed by atoms with van der Waals surface area (Å²) in [5.41, 5.74) is 2.10. The molecule has 0 fully saturated rings. The number of aryl methyl sites for hydroxylation is 2. The molecule has 25 heavy (non-hydrogen) atoms. The predicted molar refractivity (Wildman–Crippen MR) is 96.0 cm³/mol. The van der Waals surface area contributed by atoms with E-state index in [1.807, 2.05) is 13.8 Å². The normalized spacial score (nSPS) is 11.5. The molecule has 0 atom stereocenters. The highest BCUT2D eigenvalue weighted by Gasteiger charge is 2.10. The fourth-order valence-electron chi connectivity index (χ4n) is 1.76. The molecule has 2 aromatic carbocycles. The molecule has 0 saturated carbocycles. The Labute approximate surface area is 148 Å². The zero-order valence-electron chi connectivity index (χ0n) is 13.9. The maximum Gasteiger partial charge on any atom is 0.253 e. The SMILES string of the molecule is CCc1ccc(S(=O)(=O)NN)cc1.Cc1ccc(S(=O)(=O)NN)cc1. The van der Waals surface area contributed by atoms with E-state index in [-0.39, 0.29) is 9.79 Å². The molecule has 0 aliphatic heterocycles. The van der Waals surface area contributed by atoms with Crippen molar-refractivity contribution < 1.29 is 16.8 Å². The lowest BCUT2D eigenvalue weighted by atomic mass is 10.2. The van der Waals surface area contributed by atoms with Crippen molar-refractivity contribution in [3.63, 3.8) is 0 Å². The highest BCUT2D eigenvalue weighted by atomic mass is 32.2. The molecule has 2 aromatic rings. The van der Waals surface area contributed by atoms with E-state index < -0.39 is 20.0 Å². The van der Waals surface area contributed by atoms with Crippen molar-refractivity contribution in [3.8, 4) is 0 Å². The third kappa shape index (κ3) is 6.20. The largest absolute Gasteiger partial charge is 0.257 e. The number of nitrogens with two attached hydrogens (primary N) is 2. The molecular weight excluding hydrogens is 364 g/mol. The van der Waals surface area contributed by atoms with Crippen LogP contribution < -0.4 is 21.3 Å². The van der Waals surface area contributed by atoms with E-state index in [0.29, 0.717) is 0 Å². The second kappa shape index (κ2) is 9.04. The van der Waals surface area contributed by atoms with Gasteiger partial charge in [0.1, 0.15) is 0 Å². The highest BCUT2D eigenvalue weighted by Crippen LogP contribution is 2.10. The van der Waals surface area contributed by atoms with Crippen LogP contribution in [0.25, 0.3) is 0 Å². The third-order valence-corrected chi connectivity index (χ3v) is 5.69. The van der Waals surface area contributed by atoms with Crippen LogP contribution >= 0.6 is 0 Å². The summed E-state index contributed by atoms with van der Waals surface area (Å²) in [7, 11) is -6.98. The van der Waals surface area contributed by atoms with Gasteiger partial charge in [-0.2, -0.15) is 9.66 Å². The summed E-state index contributed by atoms with van der Waals surface area (Å²) in [6.07, 6.45) is 0.885. The van der Waals surface area contributed by atoms with Gasteiger partial charge in [0.15, 0.2) is 0 Å². The second-order valence-corrected chi connectivity index (χ2v) is 8.48. The van der Waals surface area contributed by atoms with E-state index in [4.69, 9.17) is 11.7 Å². The monoisotopic (exact) mass is 386 g/mol. The standard InChI is InChI=1S/C8H12N2O2S.C7H10N2O2S/c1-2-7-3-5-8(6-4-7)13(11,12)10-9;1-6-2-4-7(5-3-6)12(10,11)9-8/h3-6,10H,2,9H2,1H3;2-5,9H,8H2,1H3. The fourth-order valence-corrected chi connectivity index (χ4v) is 3.02. The van der Waals surface area contributed by atoms with Gasteiger partial charge in [0.2, 0.25) is 0 Å². The van der Waals surface area contributed by atoms with Crippen LogP contribution in [0.4, 0.5) is 0 Å². The Morgan fingerprint density at radius 1 is 0.760 bits per heavy atom. The zero-order valence-corrected chi connectivity index (χ0v) is 15.6. The molecule has 10 heteroatoms. The maximum absolute atomic E-state index is 11.2. The smallest absolute Gasteiger partial charge is 0.253 e. The lowest BCUT2D eigenvalue weighted by molar-refractivity contribution is 0.582. The van der Waals surface area contributed by atoms with Gasteiger partial charge >= 0.3 is 0 Å². The number of rotatable bonds is 5. The van der Waals surface area contributed by atoms with E-state index in [9.17, 15) is 16.8 Å². The molecule has 0 aliphatic carbocycles. The number of hydrogen-bond acceptors (Lipinski definition) is 6. The summed E-state index contributed by atoms with van der Waals surface area (Å²) in [5, 5.41) is 0. The minimum absolute atomic E-state index is 0.176. The first-order chi connectivity index (χ1) is 11.7. The lowest BCUT2D eigenvalue weighted by Crippen LogP contribution is -2.30. The fraction of sp³-hybridized carbons (Fsp3) is 0.200. The minimum atomic E-state index is -3.50. The Morgan fingerprint density at radius 2 is 1.12 bits per heavy atom. The van der Waals surface area contributed by atoms with E-state index in [1.165, 1.54) is 24.3 Å². The Kier molecular flexibility index (Phi) is 7.67.